The van der Waals surface area contributed by atoms with Crippen molar-refractivity contribution < 1.29 is 43.2 Å². The molecule has 152 valence electrons. The van der Waals surface area contributed by atoms with Crippen LogP contribution in [0.4, 0.5) is 0 Å². The number of aromatic hydroxyl groups is 6. The predicted molar refractivity (Wildman–Crippen MR) is 105 cm³/mol. The fourth-order valence-electron chi connectivity index (χ4n) is 3.46. The quantitative estimate of drug-likeness (QED) is 0.195. The van der Waals surface area contributed by atoms with Crippen molar-refractivity contribution in [3.05, 3.63) is 65.2 Å². The molecule has 0 saturated carbocycles. The van der Waals surface area contributed by atoms with Gasteiger partial charge in [-0.1, -0.05) is 18.2 Å². The second kappa shape index (κ2) is 7.25. The Morgan fingerprint density at radius 1 is 0.633 bits per heavy atom. The maximum atomic E-state index is 12.7. The summed E-state index contributed by atoms with van der Waals surface area (Å²) in [5, 5.41) is 60.3. The van der Waals surface area contributed by atoms with Crippen LogP contribution in [-0.4, -0.2) is 68.6 Å². The average Bonchev–Trinajstić information content (AvgIpc) is 2.93. The topological polar surface area (TPSA) is 165 Å². The van der Waals surface area contributed by atoms with Gasteiger partial charge in [0.1, 0.15) is 4.90 Å². The van der Waals surface area contributed by atoms with Crippen LogP contribution in [-0.2, 0) is 19.9 Å². The van der Waals surface area contributed by atoms with E-state index in [1.165, 1.54) is 24.3 Å². The Balaban J connectivity index is 0.00000256. The molecule has 1 aliphatic heterocycles. The molecule has 6 N–H and O–H groups in total. The second-order valence-electron chi connectivity index (χ2n) is 6.37. The molecule has 4 rings (SSSR count). The Bertz CT molecular complexity index is 1210. The molecular formula is C19H15NaO9S. The van der Waals surface area contributed by atoms with Crippen molar-refractivity contribution in [2.45, 2.75) is 10.5 Å². The average molecular weight is 442 g/mol. The molecule has 0 saturated heterocycles. The monoisotopic (exact) mass is 442 g/mol. The Morgan fingerprint density at radius 3 is 1.60 bits per heavy atom. The fraction of sp³-hybridized carbons (Fsp3) is 0.0526. The molecule has 1 heterocycles. The molecule has 0 amide bonds. The fourth-order valence-corrected chi connectivity index (χ4v) is 4.88. The maximum absolute atomic E-state index is 12.7. The van der Waals surface area contributed by atoms with E-state index in [9.17, 15) is 39.1 Å². The van der Waals surface area contributed by atoms with Crippen LogP contribution >= 0.6 is 0 Å². The van der Waals surface area contributed by atoms with E-state index in [1.54, 1.807) is 0 Å². The van der Waals surface area contributed by atoms with Crippen LogP contribution in [0.5, 0.6) is 34.5 Å². The Labute approximate surface area is 192 Å². The van der Waals surface area contributed by atoms with Gasteiger partial charge < -0.3 is 30.6 Å². The van der Waals surface area contributed by atoms with Crippen LogP contribution in [0, 0.1) is 0 Å². The minimum atomic E-state index is -4.40. The van der Waals surface area contributed by atoms with Crippen molar-refractivity contribution in [2.75, 3.05) is 0 Å². The molecule has 1 aliphatic rings. The standard InChI is InChI=1S/C19H14O9S.Na.H/c20-12-7-5-10(15(22)17(12)24)19(11-6-8-13(21)18(25)16(11)23)9-3-1-2-4-14(9)29(26,27)28-19;;/h1-8,20-25H;;. The first kappa shape index (κ1) is 22.1. The number of benzene rings is 3. The third-order valence-corrected chi connectivity index (χ3v) is 6.15. The van der Waals surface area contributed by atoms with Gasteiger partial charge >= 0.3 is 29.6 Å². The first-order valence-corrected chi connectivity index (χ1v) is 9.56. The van der Waals surface area contributed by atoms with Crippen LogP contribution in [0.15, 0.2) is 53.4 Å². The van der Waals surface area contributed by atoms with Crippen molar-refractivity contribution in [2.24, 2.45) is 0 Å². The molecule has 3 aromatic rings. The molecule has 0 unspecified atom stereocenters. The summed E-state index contributed by atoms with van der Waals surface area (Å²) in [6.45, 7) is 0. The molecule has 0 aromatic heterocycles. The SMILES string of the molecule is O=S1(=O)OC(c2ccc(O)c(O)c2O)(c2ccc(O)c(O)c2O)c2ccccc21.[NaH]. The van der Waals surface area contributed by atoms with Gasteiger partial charge in [-0.15, -0.1) is 0 Å². The van der Waals surface area contributed by atoms with Crippen molar-refractivity contribution in [3.8, 4) is 34.5 Å². The summed E-state index contributed by atoms with van der Waals surface area (Å²) in [6.07, 6.45) is 0. The molecule has 0 spiro atoms. The molecule has 3 aromatic carbocycles. The van der Waals surface area contributed by atoms with Gasteiger partial charge in [0.15, 0.2) is 28.6 Å². The molecule has 0 atom stereocenters. The van der Waals surface area contributed by atoms with Gasteiger partial charge in [-0.05, 0) is 30.3 Å². The van der Waals surface area contributed by atoms with Crippen molar-refractivity contribution in [1.82, 2.24) is 0 Å². The van der Waals surface area contributed by atoms with E-state index in [-0.39, 0.29) is 51.1 Å². The van der Waals surface area contributed by atoms with Gasteiger partial charge in [-0.3, -0.25) is 0 Å². The summed E-state index contributed by atoms with van der Waals surface area (Å²) in [7, 11) is -4.40. The minimum absolute atomic E-state index is 0. The molecule has 0 aliphatic carbocycles. The van der Waals surface area contributed by atoms with Crippen LogP contribution in [0.1, 0.15) is 16.7 Å². The number of phenolic OH excluding ortho intramolecular Hbond substituents is 6. The number of phenols is 6. The summed E-state index contributed by atoms with van der Waals surface area (Å²) in [6, 6.07) is 9.76. The summed E-state index contributed by atoms with van der Waals surface area (Å²) in [5.74, 6) is -5.01. The molecule has 11 heteroatoms. The summed E-state index contributed by atoms with van der Waals surface area (Å²) < 4.78 is 30.9. The van der Waals surface area contributed by atoms with Crippen molar-refractivity contribution in [3.63, 3.8) is 0 Å². The van der Waals surface area contributed by atoms with Gasteiger partial charge in [0.2, 0.25) is 11.5 Å². The molecule has 0 radical (unpaired) electrons. The van der Waals surface area contributed by atoms with E-state index in [2.05, 4.69) is 0 Å². The van der Waals surface area contributed by atoms with Gasteiger partial charge in [0.25, 0.3) is 10.1 Å². The zero-order chi connectivity index (χ0) is 21.1. The first-order chi connectivity index (χ1) is 13.6. The molecule has 9 nitrogen and oxygen atoms in total. The van der Waals surface area contributed by atoms with E-state index in [4.69, 9.17) is 4.18 Å². The zero-order valence-electron chi connectivity index (χ0n) is 14.4. The van der Waals surface area contributed by atoms with E-state index >= 15 is 0 Å². The predicted octanol–water partition coefficient (Wildman–Crippen LogP) is 1.28. The number of hydrogen-bond donors (Lipinski definition) is 6. The number of fused-ring (bicyclic) bond motifs is 1. The summed E-state index contributed by atoms with van der Waals surface area (Å²) >= 11 is 0. The van der Waals surface area contributed by atoms with Gasteiger partial charge in [0.05, 0.1) is 0 Å². The second-order valence-corrected chi connectivity index (χ2v) is 7.89. The molecule has 30 heavy (non-hydrogen) atoms. The molecular weight excluding hydrogens is 427 g/mol. The normalized spacial score (nSPS) is 15.9. The summed E-state index contributed by atoms with van der Waals surface area (Å²) in [4.78, 5) is -0.265. The van der Waals surface area contributed by atoms with Gasteiger partial charge in [-0.25, -0.2) is 4.18 Å². The van der Waals surface area contributed by atoms with Crippen LogP contribution in [0.3, 0.4) is 0 Å². The summed E-state index contributed by atoms with van der Waals surface area (Å²) in [5.41, 5.74) is -2.93. The van der Waals surface area contributed by atoms with E-state index in [1.807, 2.05) is 0 Å². The van der Waals surface area contributed by atoms with Crippen LogP contribution in [0.25, 0.3) is 0 Å². The third-order valence-electron chi connectivity index (χ3n) is 4.79. The Morgan fingerprint density at radius 2 is 1.10 bits per heavy atom. The zero-order valence-corrected chi connectivity index (χ0v) is 15.3. The van der Waals surface area contributed by atoms with Gasteiger partial charge in [0, 0.05) is 16.7 Å². The number of hydrogen-bond acceptors (Lipinski definition) is 9. The van der Waals surface area contributed by atoms with Crippen LogP contribution < -0.4 is 0 Å². The van der Waals surface area contributed by atoms with Gasteiger partial charge in [-0.2, -0.15) is 8.42 Å². The van der Waals surface area contributed by atoms with E-state index in [0.29, 0.717) is 0 Å². The first-order valence-electron chi connectivity index (χ1n) is 8.15. The Hall–Kier alpha value is -2.63. The molecule has 0 fully saturated rings. The van der Waals surface area contributed by atoms with E-state index < -0.39 is 50.2 Å². The number of rotatable bonds is 2. The molecule has 0 bridgehead atoms. The van der Waals surface area contributed by atoms with Crippen LogP contribution in [0.2, 0.25) is 0 Å². The third kappa shape index (κ3) is 2.88. The Kier molecular flexibility index (Phi) is 5.34. The van der Waals surface area contributed by atoms with E-state index in [0.717, 1.165) is 24.3 Å². The van der Waals surface area contributed by atoms with Crippen molar-refractivity contribution >= 4 is 39.7 Å². The van der Waals surface area contributed by atoms with Crippen molar-refractivity contribution in [1.29, 1.82) is 0 Å².